The van der Waals surface area contributed by atoms with Gasteiger partial charge in [-0.2, -0.15) is 0 Å². The van der Waals surface area contributed by atoms with Gasteiger partial charge in [-0.15, -0.1) is 0 Å². The summed E-state index contributed by atoms with van der Waals surface area (Å²) in [6.07, 6.45) is -0.115. The van der Waals surface area contributed by atoms with E-state index in [1.165, 1.54) is 0 Å². The van der Waals surface area contributed by atoms with Crippen molar-refractivity contribution in [3.63, 3.8) is 0 Å². The lowest BCUT2D eigenvalue weighted by Crippen LogP contribution is -2.17. The molecule has 2 rings (SSSR count). The first-order valence-electron chi connectivity index (χ1n) is 6.82. The van der Waals surface area contributed by atoms with E-state index >= 15 is 0 Å². The lowest BCUT2D eigenvalue weighted by molar-refractivity contribution is -0.135. The summed E-state index contributed by atoms with van der Waals surface area (Å²) in [5.74, 6) is -2.00. The predicted molar refractivity (Wildman–Crippen MR) is 84.0 cm³/mol. The van der Waals surface area contributed by atoms with Crippen LogP contribution < -0.4 is 0 Å². The fourth-order valence-corrected chi connectivity index (χ4v) is 3.60. The second kappa shape index (κ2) is 6.78. The van der Waals surface area contributed by atoms with Crippen LogP contribution in [0.4, 0.5) is 0 Å². The number of oxime groups is 1. The van der Waals surface area contributed by atoms with Crippen molar-refractivity contribution < 1.29 is 32.7 Å². The number of ether oxygens (including phenoxy) is 1. The number of halogens is 1. The Labute approximate surface area is 142 Å². The zero-order chi connectivity index (χ0) is 18.1. The Morgan fingerprint density at radius 2 is 2.12 bits per heavy atom. The maximum Gasteiger partial charge on any atom is 0.356 e. The van der Waals surface area contributed by atoms with Crippen molar-refractivity contribution >= 4 is 39.1 Å². The van der Waals surface area contributed by atoms with Gasteiger partial charge in [0.1, 0.15) is 0 Å². The molecule has 8 nitrogen and oxygen atoms in total. The third kappa shape index (κ3) is 3.51. The molecular formula is C14H14ClNO7S. The molecule has 10 heteroatoms. The van der Waals surface area contributed by atoms with Gasteiger partial charge in [-0.3, -0.25) is 0 Å². The molecule has 0 saturated heterocycles. The Hall–Kier alpha value is -2.13. The summed E-state index contributed by atoms with van der Waals surface area (Å²) < 4.78 is 28.7. The third-order valence-electron chi connectivity index (χ3n) is 3.27. The minimum Gasteiger partial charge on any atom is -0.478 e. The second-order valence-electron chi connectivity index (χ2n) is 4.97. The van der Waals surface area contributed by atoms with Gasteiger partial charge in [-0.25, -0.2) is 18.0 Å². The SMILES string of the molecule is CCOC(=O)C1=NOC(c2c(S(C)(=O)=O)ccc(C(=O)O)c2Cl)C1. The fourth-order valence-electron chi connectivity index (χ4n) is 2.23. The molecule has 0 radical (unpaired) electrons. The van der Waals surface area contributed by atoms with Crippen LogP contribution in [0.5, 0.6) is 0 Å². The first-order valence-corrected chi connectivity index (χ1v) is 9.09. The van der Waals surface area contributed by atoms with E-state index in [9.17, 15) is 18.0 Å². The van der Waals surface area contributed by atoms with Gasteiger partial charge in [0.15, 0.2) is 21.7 Å². The van der Waals surface area contributed by atoms with Crippen molar-refractivity contribution in [2.75, 3.05) is 12.9 Å². The number of rotatable bonds is 5. The summed E-state index contributed by atoms with van der Waals surface area (Å²) >= 11 is 6.09. The highest BCUT2D eigenvalue weighted by atomic mass is 35.5. The second-order valence-corrected chi connectivity index (χ2v) is 7.33. The third-order valence-corrected chi connectivity index (χ3v) is 4.83. The standard InChI is InChI=1S/C14H14ClNO7S/c1-3-22-14(19)8-6-9(23-16-8)11-10(24(2,20)21)5-4-7(12(11)15)13(17)18/h4-5,9H,3,6H2,1-2H3,(H,17,18). The van der Waals surface area contributed by atoms with E-state index in [-0.39, 0.29) is 39.8 Å². The Morgan fingerprint density at radius 1 is 1.46 bits per heavy atom. The highest BCUT2D eigenvalue weighted by Gasteiger charge is 2.34. The van der Waals surface area contributed by atoms with Crippen molar-refractivity contribution in [1.29, 1.82) is 0 Å². The van der Waals surface area contributed by atoms with E-state index in [4.69, 9.17) is 26.3 Å². The molecule has 24 heavy (non-hydrogen) atoms. The predicted octanol–water partition coefficient (Wildman–Crippen LogP) is 1.82. The van der Waals surface area contributed by atoms with E-state index in [0.29, 0.717) is 0 Å². The number of nitrogens with zero attached hydrogens (tertiary/aromatic N) is 1. The van der Waals surface area contributed by atoms with Gasteiger partial charge >= 0.3 is 11.9 Å². The molecule has 0 aliphatic carbocycles. The van der Waals surface area contributed by atoms with Gasteiger partial charge < -0.3 is 14.7 Å². The van der Waals surface area contributed by atoms with Crippen molar-refractivity contribution in [2.24, 2.45) is 5.16 Å². The average molecular weight is 376 g/mol. The number of hydrogen-bond acceptors (Lipinski definition) is 7. The van der Waals surface area contributed by atoms with Gasteiger partial charge in [0.05, 0.1) is 22.1 Å². The molecule has 1 atom stereocenters. The van der Waals surface area contributed by atoms with Gasteiger partial charge in [0.2, 0.25) is 0 Å². The summed E-state index contributed by atoms with van der Waals surface area (Å²) in [6, 6.07) is 2.25. The van der Waals surface area contributed by atoms with E-state index in [1.807, 2.05) is 0 Å². The minimum atomic E-state index is -3.71. The number of aromatic carboxylic acids is 1. The molecule has 0 aromatic heterocycles. The molecule has 0 bridgehead atoms. The number of carboxylic acid groups (broad SMARTS) is 1. The van der Waals surface area contributed by atoms with Crippen molar-refractivity contribution in [3.8, 4) is 0 Å². The quantitative estimate of drug-likeness (QED) is 0.779. The number of esters is 1. The number of hydrogen-bond donors (Lipinski definition) is 1. The van der Waals surface area contributed by atoms with Crippen LogP contribution in [0, 0.1) is 0 Å². The van der Waals surface area contributed by atoms with Gasteiger partial charge in [0.25, 0.3) is 0 Å². The van der Waals surface area contributed by atoms with Crippen LogP contribution in [0.1, 0.15) is 35.4 Å². The van der Waals surface area contributed by atoms with Crippen molar-refractivity contribution in [2.45, 2.75) is 24.3 Å². The Balaban J connectivity index is 2.48. The zero-order valence-electron chi connectivity index (χ0n) is 12.8. The molecule has 0 spiro atoms. The van der Waals surface area contributed by atoms with Crippen LogP contribution >= 0.6 is 11.6 Å². The summed E-state index contributed by atoms with van der Waals surface area (Å²) in [5.41, 5.74) is -0.340. The molecule has 1 aromatic carbocycles. The maximum atomic E-state index is 12.0. The Morgan fingerprint density at radius 3 is 2.67 bits per heavy atom. The van der Waals surface area contributed by atoms with E-state index < -0.39 is 27.9 Å². The van der Waals surface area contributed by atoms with Crippen LogP contribution in [0.3, 0.4) is 0 Å². The molecular weight excluding hydrogens is 362 g/mol. The monoisotopic (exact) mass is 375 g/mol. The molecule has 1 heterocycles. The number of benzene rings is 1. The summed E-state index contributed by atoms with van der Waals surface area (Å²) in [7, 11) is -3.71. The van der Waals surface area contributed by atoms with Gasteiger partial charge in [-0.05, 0) is 19.1 Å². The normalized spacial score (nSPS) is 17.1. The molecule has 1 aromatic rings. The van der Waals surface area contributed by atoms with Gasteiger partial charge in [-0.1, -0.05) is 16.8 Å². The van der Waals surface area contributed by atoms with Crippen molar-refractivity contribution in [1.82, 2.24) is 0 Å². The molecule has 1 aliphatic heterocycles. The summed E-state index contributed by atoms with van der Waals surface area (Å²) in [5, 5.41) is 12.5. The maximum absolute atomic E-state index is 12.0. The average Bonchev–Trinajstić information content (AvgIpc) is 2.95. The molecule has 0 fully saturated rings. The summed E-state index contributed by atoms with van der Waals surface area (Å²) in [4.78, 5) is 27.9. The highest BCUT2D eigenvalue weighted by Crippen LogP contribution is 2.38. The smallest absolute Gasteiger partial charge is 0.356 e. The van der Waals surface area contributed by atoms with Crippen LogP contribution in [-0.4, -0.2) is 44.0 Å². The van der Waals surface area contributed by atoms with Gasteiger partial charge in [0, 0.05) is 18.2 Å². The lowest BCUT2D eigenvalue weighted by Gasteiger charge is -2.16. The van der Waals surface area contributed by atoms with Crippen molar-refractivity contribution in [3.05, 3.63) is 28.3 Å². The number of carbonyl (C=O) groups excluding carboxylic acids is 1. The molecule has 1 aliphatic rings. The largest absolute Gasteiger partial charge is 0.478 e. The van der Waals surface area contributed by atoms with Crippen LogP contribution in [0.2, 0.25) is 5.02 Å². The van der Waals surface area contributed by atoms with Crippen LogP contribution in [0.25, 0.3) is 0 Å². The molecule has 130 valence electrons. The zero-order valence-corrected chi connectivity index (χ0v) is 14.3. The topological polar surface area (TPSA) is 119 Å². The van der Waals surface area contributed by atoms with E-state index in [1.54, 1.807) is 6.92 Å². The van der Waals surface area contributed by atoms with E-state index in [2.05, 4.69) is 5.16 Å². The lowest BCUT2D eigenvalue weighted by atomic mass is 10.0. The first kappa shape index (κ1) is 18.2. The molecule has 0 saturated carbocycles. The molecule has 1 unspecified atom stereocenters. The minimum absolute atomic E-state index is 0.0295. The molecule has 0 amide bonds. The number of carboxylic acids is 1. The fraction of sp³-hybridized carbons (Fsp3) is 0.357. The number of sulfone groups is 1. The summed E-state index contributed by atoms with van der Waals surface area (Å²) in [6.45, 7) is 1.77. The first-order chi connectivity index (χ1) is 11.2. The van der Waals surface area contributed by atoms with Crippen LogP contribution in [0.15, 0.2) is 22.2 Å². The van der Waals surface area contributed by atoms with E-state index in [0.717, 1.165) is 18.4 Å². The Bertz CT molecular complexity index is 832. The van der Waals surface area contributed by atoms with Crippen LogP contribution in [-0.2, 0) is 24.2 Å². The Kier molecular flexibility index (Phi) is 5.14. The molecule has 1 N–H and O–H groups in total. The number of carbonyl (C=O) groups is 2. The highest BCUT2D eigenvalue weighted by molar-refractivity contribution is 7.90.